The Kier molecular flexibility index (Phi) is 1.82. The van der Waals surface area contributed by atoms with Gasteiger partial charge in [-0.15, -0.1) is 0 Å². The zero-order valence-corrected chi connectivity index (χ0v) is 5.33. The molecule has 1 aliphatic heterocycles. The predicted molar refractivity (Wildman–Crippen MR) is 28.7 cm³/mol. The van der Waals surface area contributed by atoms with E-state index in [1.165, 1.54) is 0 Å². The lowest BCUT2D eigenvalue weighted by molar-refractivity contribution is -0.454. The first-order valence-corrected chi connectivity index (χ1v) is 2.73. The maximum absolute atomic E-state index is 10.6. The molecular weight excluding hydrogens is 152 g/mol. The summed E-state index contributed by atoms with van der Waals surface area (Å²) in [5, 5.41) is 20.7. The van der Waals surface area contributed by atoms with Crippen molar-refractivity contribution in [1.82, 2.24) is 0 Å². The maximum Gasteiger partial charge on any atom is 0.369 e. The van der Waals surface area contributed by atoms with Crippen molar-refractivity contribution in [2.24, 2.45) is 0 Å². The molecule has 0 amide bonds. The summed E-state index contributed by atoms with van der Waals surface area (Å²) in [6.07, 6.45) is 0.566. The number of ketones is 2. The van der Waals surface area contributed by atoms with Gasteiger partial charge < -0.3 is 5.11 Å². The van der Waals surface area contributed by atoms with Crippen LogP contribution in [0.2, 0.25) is 0 Å². The summed E-state index contributed by atoms with van der Waals surface area (Å²) in [4.78, 5) is 20.9. The molecule has 0 aliphatic carbocycles. The topological polar surface area (TPSA) is 88.4 Å². The third-order valence-corrected chi connectivity index (χ3v) is 1.12. The van der Waals surface area contributed by atoms with Gasteiger partial charge in [-0.2, -0.15) is 0 Å². The van der Waals surface area contributed by atoms with E-state index in [2.05, 4.69) is 4.42 Å². The van der Waals surface area contributed by atoms with Crippen LogP contribution in [0, 0.1) is 0 Å². The molecule has 57 valence electrons. The molecule has 1 heterocycles. The molecular formula is C6H3O5. The van der Waals surface area contributed by atoms with Crippen LogP contribution in [-0.4, -0.2) is 24.5 Å². The molecule has 0 aromatic rings. The quantitative estimate of drug-likeness (QED) is 0.246. The van der Waals surface area contributed by atoms with Crippen LogP contribution in [0.15, 0.2) is 11.5 Å². The third-order valence-electron chi connectivity index (χ3n) is 1.12. The Morgan fingerprint density at radius 1 is 1.45 bits per heavy atom. The number of hydrogen-bond donors (Lipinski definition) is 0. The number of carbonyl (C=O) groups excluding carboxylic acids is 3. The normalized spacial score (nSPS) is 17.9. The third kappa shape index (κ3) is 1.18. The lowest BCUT2D eigenvalue weighted by Crippen LogP contribution is -2.26. The lowest BCUT2D eigenvalue weighted by Gasteiger charge is -1.97. The fourth-order valence-corrected chi connectivity index (χ4v) is 0.570. The van der Waals surface area contributed by atoms with Crippen LogP contribution >= 0.6 is 0 Å². The second-order valence-corrected chi connectivity index (χ2v) is 1.83. The first kappa shape index (κ1) is 7.62. The Bertz CT molecular complexity index is 273. The zero-order valence-electron chi connectivity index (χ0n) is 5.33. The van der Waals surface area contributed by atoms with Gasteiger partial charge in [-0.1, -0.05) is 0 Å². The molecule has 0 atom stereocenters. The Morgan fingerprint density at radius 3 is 2.64 bits per heavy atom. The zero-order chi connectivity index (χ0) is 8.43. The summed E-state index contributed by atoms with van der Waals surface area (Å²) in [6.45, 7) is -0.922. The fraction of sp³-hybridized carbons (Fsp3) is 0.167. The van der Waals surface area contributed by atoms with E-state index in [-0.39, 0.29) is 0 Å². The molecule has 11 heavy (non-hydrogen) atoms. The van der Waals surface area contributed by atoms with Gasteiger partial charge in [0.05, 0.1) is 0 Å². The number of aldehydes is 1. The van der Waals surface area contributed by atoms with E-state index in [4.69, 9.17) is 0 Å². The molecule has 0 saturated heterocycles. The Hall–Kier alpha value is -1.49. The van der Waals surface area contributed by atoms with Gasteiger partial charge in [0.1, 0.15) is 0 Å². The molecule has 1 aliphatic rings. The van der Waals surface area contributed by atoms with Crippen molar-refractivity contribution in [3.63, 3.8) is 0 Å². The van der Waals surface area contributed by atoms with Crippen molar-refractivity contribution in [3.05, 3.63) is 11.5 Å². The lowest BCUT2D eigenvalue weighted by atomic mass is 10.2. The largest absolute Gasteiger partial charge is 0.845 e. The molecule has 0 aromatic carbocycles. The van der Waals surface area contributed by atoms with Crippen molar-refractivity contribution in [3.8, 4) is 0 Å². The fourth-order valence-electron chi connectivity index (χ4n) is 0.570. The second-order valence-electron chi connectivity index (χ2n) is 1.83. The smallest absolute Gasteiger partial charge is 0.369 e. The van der Waals surface area contributed by atoms with Crippen LogP contribution in [-0.2, 0) is 19.1 Å². The minimum Gasteiger partial charge on any atom is -0.845 e. The van der Waals surface area contributed by atoms with Gasteiger partial charge in [-0.25, -0.2) is 4.42 Å². The number of allylic oxidation sites excluding steroid dienone is 1. The molecule has 0 saturated carbocycles. The van der Waals surface area contributed by atoms with Gasteiger partial charge >= 0.3 is 23.6 Å². The van der Waals surface area contributed by atoms with Crippen LogP contribution < -0.4 is 5.11 Å². The molecule has 0 aromatic heterocycles. The molecule has 0 fully saturated rings. The molecule has 0 unspecified atom stereocenters. The number of Topliss-reactive ketones (excluding diaryl/α,β-unsaturated/α-hetero) is 2. The van der Waals surface area contributed by atoms with Crippen molar-refractivity contribution in [2.45, 2.75) is 0 Å². The van der Waals surface area contributed by atoms with Crippen molar-refractivity contribution in [1.29, 1.82) is 0 Å². The van der Waals surface area contributed by atoms with Crippen LogP contribution in [0.1, 0.15) is 0 Å². The van der Waals surface area contributed by atoms with Gasteiger partial charge in [0.2, 0.25) is 0 Å². The second kappa shape index (κ2) is 2.63. The highest BCUT2D eigenvalue weighted by molar-refractivity contribution is 6.61. The van der Waals surface area contributed by atoms with Crippen LogP contribution in [0.25, 0.3) is 0 Å². The molecule has 0 spiro atoms. The van der Waals surface area contributed by atoms with E-state index >= 15 is 0 Å². The Labute approximate surface area is 61.3 Å². The van der Waals surface area contributed by atoms with E-state index in [0.29, 0.717) is 6.29 Å². The van der Waals surface area contributed by atoms with Crippen molar-refractivity contribution < 1.29 is 24.2 Å². The molecule has 0 N–H and O–H groups in total. The standard InChI is InChI=1S/C6H3O5/c7-1-4-6(10)5(9)3(8)2-11-4/h2H,1H2. The van der Waals surface area contributed by atoms with E-state index in [1.807, 2.05) is 0 Å². The molecule has 5 heteroatoms. The van der Waals surface area contributed by atoms with Crippen molar-refractivity contribution in [2.75, 3.05) is 6.61 Å². The van der Waals surface area contributed by atoms with Crippen LogP contribution in [0.5, 0.6) is 0 Å². The summed E-state index contributed by atoms with van der Waals surface area (Å²) < 4.78 is 4.28. The molecule has 1 radical (unpaired) electrons. The number of rotatable bonds is 1. The summed E-state index contributed by atoms with van der Waals surface area (Å²) in [7, 11) is 0. The first-order chi connectivity index (χ1) is 5.16. The van der Waals surface area contributed by atoms with E-state index in [1.54, 1.807) is 0 Å². The molecule has 1 rings (SSSR count). The van der Waals surface area contributed by atoms with Gasteiger partial charge in [-0.3, -0.25) is 14.7 Å². The van der Waals surface area contributed by atoms with Gasteiger partial charge in [-0.05, 0) is 6.61 Å². The minimum absolute atomic E-state index is 0.519. The van der Waals surface area contributed by atoms with E-state index in [9.17, 15) is 19.8 Å². The summed E-state index contributed by atoms with van der Waals surface area (Å²) in [6, 6.07) is 0. The highest BCUT2D eigenvalue weighted by atomic mass is 16.4. The van der Waals surface area contributed by atoms with Crippen molar-refractivity contribution >= 4 is 17.9 Å². The van der Waals surface area contributed by atoms with Gasteiger partial charge in [0, 0.05) is 0 Å². The SMILES string of the molecule is [O]C1=C(C[O-])[O+]=CC(=O)C1=O. The Balaban J connectivity index is 3.06. The Morgan fingerprint density at radius 2 is 2.09 bits per heavy atom. The van der Waals surface area contributed by atoms with Crippen LogP contribution in [0.4, 0.5) is 0 Å². The summed E-state index contributed by atoms with van der Waals surface area (Å²) in [5.41, 5.74) is 0. The van der Waals surface area contributed by atoms with Gasteiger partial charge in [0.15, 0.2) is 0 Å². The van der Waals surface area contributed by atoms with Crippen LogP contribution in [0.3, 0.4) is 0 Å². The highest BCUT2D eigenvalue weighted by Crippen LogP contribution is 2.04. The minimum atomic E-state index is -1.21. The number of hydrogen-bond acceptors (Lipinski definition) is 3. The first-order valence-electron chi connectivity index (χ1n) is 2.73. The summed E-state index contributed by atoms with van der Waals surface area (Å²) >= 11 is 0. The molecule has 0 bridgehead atoms. The average molecular weight is 155 g/mol. The van der Waals surface area contributed by atoms with E-state index < -0.39 is 29.7 Å². The van der Waals surface area contributed by atoms with E-state index in [0.717, 1.165) is 0 Å². The van der Waals surface area contributed by atoms with Gasteiger partial charge in [0.25, 0.3) is 5.78 Å². The monoisotopic (exact) mass is 155 g/mol. The highest BCUT2D eigenvalue weighted by Gasteiger charge is 2.34. The molecule has 5 nitrogen and oxygen atoms in total. The summed E-state index contributed by atoms with van der Waals surface area (Å²) in [5.74, 6) is -3.88. The maximum atomic E-state index is 10.6. The number of carbonyl (C=O) groups is 2. The average Bonchev–Trinajstić information content (AvgIpc) is 2.01. The predicted octanol–water partition coefficient (Wildman–Crippen LogP) is -2.12.